The molecule has 0 aliphatic heterocycles. The van der Waals surface area contributed by atoms with Crippen LogP contribution in [0.3, 0.4) is 0 Å². The Morgan fingerprint density at radius 3 is 2.65 bits per heavy atom. The van der Waals surface area contributed by atoms with E-state index >= 15 is 0 Å². The third-order valence-electron chi connectivity index (χ3n) is 2.14. The van der Waals surface area contributed by atoms with Gasteiger partial charge in [-0.05, 0) is 26.3 Å². The summed E-state index contributed by atoms with van der Waals surface area (Å²) in [4.78, 5) is 11.5. The van der Waals surface area contributed by atoms with Crippen LogP contribution in [0.5, 0.6) is 5.75 Å². The quantitative estimate of drug-likeness (QED) is 0.712. The third-order valence-corrected chi connectivity index (χ3v) is 2.14. The fourth-order valence-corrected chi connectivity index (χ4v) is 1.44. The average Bonchev–Trinajstić information content (AvgIpc) is 2.28. The van der Waals surface area contributed by atoms with Crippen LogP contribution < -0.4 is 4.74 Å². The topological polar surface area (TPSA) is 35.5 Å². The van der Waals surface area contributed by atoms with Crippen LogP contribution in [0.1, 0.15) is 32.8 Å². The van der Waals surface area contributed by atoms with Crippen LogP contribution in [0, 0.1) is 0 Å². The molecule has 0 aromatic heterocycles. The number of para-hydroxylation sites is 1. The number of carbonyl (C=O) groups excluding carboxylic acids is 1. The van der Waals surface area contributed by atoms with Gasteiger partial charge in [0.2, 0.25) is 0 Å². The van der Waals surface area contributed by atoms with Crippen LogP contribution in [-0.2, 0) is 16.0 Å². The lowest BCUT2D eigenvalue weighted by molar-refractivity contribution is -0.142. The lowest BCUT2D eigenvalue weighted by atomic mass is 10.1. The van der Waals surface area contributed by atoms with Crippen molar-refractivity contribution >= 4 is 5.97 Å². The van der Waals surface area contributed by atoms with E-state index in [0.717, 1.165) is 17.7 Å². The summed E-state index contributed by atoms with van der Waals surface area (Å²) in [5.74, 6) is 0.558. The van der Waals surface area contributed by atoms with E-state index in [4.69, 9.17) is 9.47 Å². The van der Waals surface area contributed by atoms with Gasteiger partial charge in [0.1, 0.15) is 5.75 Å². The smallest absolute Gasteiger partial charge is 0.310 e. The first-order valence-corrected chi connectivity index (χ1v) is 6.03. The van der Waals surface area contributed by atoms with E-state index in [2.05, 4.69) is 0 Å². The van der Waals surface area contributed by atoms with Crippen molar-refractivity contribution in [2.75, 3.05) is 6.61 Å². The van der Waals surface area contributed by atoms with Gasteiger partial charge >= 0.3 is 5.97 Å². The van der Waals surface area contributed by atoms with E-state index < -0.39 is 0 Å². The third kappa shape index (κ3) is 4.89. The fourth-order valence-electron chi connectivity index (χ4n) is 1.44. The van der Waals surface area contributed by atoms with Gasteiger partial charge in [0, 0.05) is 5.56 Å². The van der Waals surface area contributed by atoms with Crippen molar-refractivity contribution in [3.05, 3.63) is 29.8 Å². The molecule has 1 rings (SSSR count). The maximum absolute atomic E-state index is 11.5. The van der Waals surface area contributed by atoms with Crippen molar-refractivity contribution < 1.29 is 14.3 Å². The summed E-state index contributed by atoms with van der Waals surface area (Å²) in [6, 6.07) is 7.57. The molecule has 0 radical (unpaired) electrons. The van der Waals surface area contributed by atoms with E-state index in [1.54, 1.807) is 0 Å². The van der Waals surface area contributed by atoms with E-state index in [-0.39, 0.29) is 18.5 Å². The Hall–Kier alpha value is -1.51. The fraction of sp³-hybridized carbons (Fsp3) is 0.500. The lowest BCUT2D eigenvalue weighted by Crippen LogP contribution is -2.12. The zero-order chi connectivity index (χ0) is 12.7. The molecule has 0 saturated carbocycles. The predicted molar refractivity (Wildman–Crippen MR) is 67.2 cm³/mol. The van der Waals surface area contributed by atoms with Gasteiger partial charge in [-0.25, -0.2) is 0 Å². The van der Waals surface area contributed by atoms with E-state index in [9.17, 15) is 4.79 Å². The number of ether oxygens (including phenoxy) is 2. The van der Waals surface area contributed by atoms with E-state index in [1.807, 2.05) is 45.0 Å². The first kappa shape index (κ1) is 13.6. The zero-order valence-electron chi connectivity index (χ0n) is 10.7. The van der Waals surface area contributed by atoms with Crippen LogP contribution in [0.25, 0.3) is 0 Å². The molecule has 0 aliphatic carbocycles. The first-order chi connectivity index (χ1) is 8.13. The van der Waals surface area contributed by atoms with Crippen molar-refractivity contribution in [1.82, 2.24) is 0 Å². The van der Waals surface area contributed by atoms with Crippen molar-refractivity contribution in [3.8, 4) is 5.75 Å². The normalized spacial score (nSPS) is 10.4. The van der Waals surface area contributed by atoms with Crippen LogP contribution in [0.2, 0.25) is 0 Å². The maximum Gasteiger partial charge on any atom is 0.310 e. The molecule has 0 aliphatic rings. The predicted octanol–water partition coefficient (Wildman–Crippen LogP) is 2.97. The molecule has 0 unspecified atom stereocenters. The van der Waals surface area contributed by atoms with Crippen LogP contribution >= 0.6 is 0 Å². The molecule has 0 fully saturated rings. The highest BCUT2D eigenvalue weighted by molar-refractivity contribution is 5.73. The Labute approximate surface area is 103 Å². The molecule has 0 amide bonds. The molecular formula is C14H20O3. The van der Waals surface area contributed by atoms with Gasteiger partial charge in [0.25, 0.3) is 0 Å². The summed E-state index contributed by atoms with van der Waals surface area (Å²) >= 11 is 0. The second kappa shape index (κ2) is 6.94. The zero-order valence-corrected chi connectivity index (χ0v) is 10.7. The standard InChI is InChI=1S/C14H20O3/c1-4-9-16-14(15)10-12-7-5-6-8-13(12)17-11(2)3/h5-8,11H,4,9-10H2,1-3H3. The van der Waals surface area contributed by atoms with Crippen LogP contribution in [0.4, 0.5) is 0 Å². The molecule has 1 aromatic rings. The molecular weight excluding hydrogens is 216 g/mol. The Balaban J connectivity index is 2.66. The Morgan fingerprint density at radius 1 is 1.29 bits per heavy atom. The average molecular weight is 236 g/mol. The maximum atomic E-state index is 11.5. The molecule has 17 heavy (non-hydrogen) atoms. The molecule has 0 N–H and O–H groups in total. The number of hydrogen-bond donors (Lipinski definition) is 0. The number of esters is 1. The van der Waals surface area contributed by atoms with Gasteiger partial charge in [0.05, 0.1) is 19.1 Å². The van der Waals surface area contributed by atoms with Gasteiger partial charge in [-0.2, -0.15) is 0 Å². The van der Waals surface area contributed by atoms with Crippen LogP contribution in [0.15, 0.2) is 24.3 Å². The molecule has 0 bridgehead atoms. The van der Waals surface area contributed by atoms with Gasteiger partial charge in [0.15, 0.2) is 0 Å². The monoisotopic (exact) mass is 236 g/mol. The van der Waals surface area contributed by atoms with Crippen LogP contribution in [-0.4, -0.2) is 18.7 Å². The molecule has 0 saturated heterocycles. The molecule has 0 heterocycles. The van der Waals surface area contributed by atoms with E-state index in [1.165, 1.54) is 0 Å². The minimum atomic E-state index is -0.202. The number of rotatable bonds is 6. The summed E-state index contributed by atoms with van der Waals surface area (Å²) in [5, 5.41) is 0. The summed E-state index contributed by atoms with van der Waals surface area (Å²) in [7, 11) is 0. The van der Waals surface area contributed by atoms with Gasteiger partial charge in [-0.3, -0.25) is 4.79 Å². The van der Waals surface area contributed by atoms with Gasteiger partial charge in [-0.1, -0.05) is 25.1 Å². The van der Waals surface area contributed by atoms with Crippen molar-refractivity contribution in [3.63, 3.8) is 0 Å². The van der Waals surface area contributed by atoms with Crippen molar-refractivity contribution in [1.29, 1.82) is 0 Å². The molecule has 3 nitrogen and oxygen atoms in total. The van der Waals surface area contributed by atoms with E-state index in [0.29, 0.717) is 6.61 Å². The molecule has 94 valence electrons. The van der Waals surface area contributed by atoms with Gasteiger partial charge < -0.3 is 9.47 Å². The lowest BCUT2D eigenvalue weighted by Gasteiger charge is -2.13. The van der Waals surface area contributed by atoms with Crippen molar-refractivity contribution in [2.45, 2.75) is 39.7 Å². The second-order valence-corrected chi connectivity index (χ2v) is 4.17. The Bertz CT molecular complexity index is 358. The summed E-state index contributed by atoms with van der Waals surface area (Å²) < 4.78 is 10.7. The molecule has 0 spiro atoms. The summed E-state index contributed by atoms with van der Waals surface area (Å²) in [6.07, 6.45) is 1.21. The Kier molecular flexibility index (Phi) is 5.53. The highest BCUT2D eigenvalue weighted by Gasteiger charge is 2.10. The van der Waals surface area contributed by atoms with Gasteiger partial charge in [-0.15, -0.1) is 0 Å². The SMILES string of the molecule is CCCOC(=O)Cc1ccccc1OC(C)C. The highest BCUT2D eigenvalue weighted by Crippen LogP contribution is 2.20. The summed E-state index contributed by atoms with van der Waals surface area (Å²) in [6.45, 7) is 6.38. The molecule has 0 atom stereocenters. The second-order valence-electron chi connectivity index (χ2n) is 4.17. The largest absolute Gasteiger partial charge is 0.491 e. The first-order valence-electron chi connectivity index (χ1n) is 6.03. The Morgan fingerprint density at radius 2 is 2.00 bits per heavy atom. The molecule has 3 heteroatoms. The number of carbonyl (C=O) groups is 1. The summed E-state index contributed by atoms with van der Waals surface area (Å²) in [5.41, 5.74) is 0.877. The minimum absolute atomic E-state index is 0.0998. The number of hydrogen-bond acceptors (Lipinski definition) is 3. The molecule has 1 aromatic carbocycles. The highest BCUT2D eigenvalue weighted by atomic mass is 16.5. The number of benzene rings is 1. The van der Waals surface area contributed by atoms with Crippen molar-refractivity contribution in [2.24, 2.45) is 0 Å². The minimum Gasteiger partial charge on any atom is -0.491 e.